The van der Waals surface area contributed by atoms with Gasteiger partial charge in [0.2, 0.25) is 5.76 Å². The van der Waals surface area contributed by atoms with Crippen molar-refractivity contribution in [3.63, 3.8) is 0 Å². The van der Waals surface area contributed by atoms with E-state index in [-0.39, 0.29) is 17.1 Å². The number of hydrogen-bond donors (Lipinski definition) is 0. The minimum atomic E-state index is -0.557. The Morgan fingerprint density at radius 2 is 1.92 bits per heavy atom. The van der Waals surface area contributed by atoms with E-state index in [9.17, 15) is 9.59 Å². The largest absolute Gasteiger partial charge is 0.467 e. The van der Waals surface area contributed by atoms with Crippen molar-refractivity contribution in [2.45, 2.75) is 6.04 Å². The van der Waals surface area contributed by atoms with Crippen molar-refractivity contribution < 1.29 is 13.6 Å². The van der Waals surface area contributed by atoms with Crippen molar-refractivity contribution >= 4 is 16.9 Å². The van der Waals surface area contributed by atoms with Gasteiger partial charge in [0.05, 0.1) is 17.2 Å². The monoisotopic (exact) mass is 338 g/mol. The normalized spacial score (nSPS) is 16.8. The molecule has 0 aliphatic carbocycles. The Morgan fingerprint density at radius 1 is 1.12 bits per heavy atom. The summed E-state index contributed by atoms with van der Waals surface area (Å²) in [5, 5.41) is 0.472. The standard InChI is InChI=1S/C19H18N2O4/c1-20(2)9-10-21-16(14-8-5-11-24-14)15-17(22)12-6-3-4-7-13(12)25-18(15)19(21)23/h3-8,11,16H,9-10H2,1-2H3. The van der Waals surface area contributed by atoms with E-state index >= 15 is 0 Å². The van der Waals surface area contributed by atoms with Crippen molar-refractivity contribution in [2.24, 2.45) is 0 Å². The zero-order valence-corrected chi connectivity index (χ0v) is 14.1. The van der Waals surface area contributed by atoms with Crippen LogP contribution < -0.4 is 5.43 Å². The summed E-state index contributed by atoms with van der Waals surface area (Å²) in [5.41, 5.74) is 0.601. The topological polar surface area (TPSA) is 66.9 Å². The maximum absolute atomic E-state index is 13.1. The minimum Gasteiger partial charge on any atom is -0.467 e. The van der Waals surface area contributed by atoms with E-state index in [1.165, 1.54) is 0 Å². The number of hydrogen-bond acceptors (Lipinski definition) is 5. The number of carbonyl (C=O) groups excluding carboxylic acids is 1. The molecule has 6 nitrogen and oxygen atoms in total. The number of likely N-dealkylation sites (N-methyl/N-ethyl adjacent to an activating group) is 1. The third-order valence-electron chi connectivity index (χ3n) is 4.47. The van der Waals surface area contributed by atoms with Gasteiger partial charge in [-0.05, 0) is 38.4 Å². The molecule has 1 aliphatic rings. The van der Waals surface area contributed by atoms with Gasteiger partial charge < -0.3 is 18.6 Å². The van der Waals surface area contributed by atoms with Gasteiger partial charge in [0.1, 0.15) is 17.4 Å². The summed E-state index contributed by atoms with van der Waals surface area (Å²) in [6, 6.07) is 9.97. The molecule has 1 aromatic carbocycles. The average Bonchev–Trinajstić information content (AvgIpc) is 3.21. The molecular formula is C19H18N2O4. The second kappa shape index (κ2) is 5.89. The summed E-state index contributed by atoms with van der Waals surface area (Å²) < 4.78 is 11.4. The van der Waals surface area contributed by atoms with E-state index in [1.807, 2.05) is 19.0 Å². The maximum atomic E-state index is 13.1. The summed E-state index contributed by atoms with van der Waals surface area (Å²) in [6.45, 7) is 1.14. The van der Waals surface area contributed by atoms with Gasteiger partial charge in [-0.15, -0.1) is 0 Å². The van der Waals surface area contributed by atoms with Crippen LogP contribution in [0.3, 0.4) is 0 Å². The molecule has 2 aromatic heterocycles. The van der Waals surface area contributed by atoms with E-state index in [2.05, 4.69) is 0 Å². The Kier molecular flexibility index (Phi) is 3.69. The van der Waals surface area contributed by atoms with Crippen LogP contribution in [-0.4, -0.2) is 42.9 Å². The van der Waals surface area contributed by atoms with Gasteiger partial charge in [-0.2, -0.15) is 0 Å². The summed E-state index contributed by atoms with van der Waals surface area (Å²) >= 11 is 0. The van der Waals surface area contributed by atoms with Gasteiger partial charge in [0.25, 0.3) is 5.91 Å². The summed E-state index contributed by atoms with van der Waals surface area (Å²) in [6.07, 6.45) is 1.55. The lowest BCUT2D eigenvalue weighted by atomic mass is 10.0. The van der Waals surface area contributed by atoms with Gasteiger partial charge in [-0.25, -0.2) is 0 Å². The fraction of sp³-hybridized carbons (Fsp3) is 0.263. The molecule has 1 atom stereocenters. The average molecular weight is 338 g/mol. The third-order valence-corrected chi connectivity index (χ3v) is 4.47. The lowest BCUT2D eigenvalue weighted by Crippen LogP contribution is -2.35. The zero-order chi connectivity index (χ0) is 17.6. The number of furan rings is 1. The molecule has 0 saturated carbocycles. The highest BCUT2D eigenvalue weighted by Crippen LogP contribution is 2.37. The molecule has 6 heteroatoms. The van der Waals surface area contributed by atoms with Crippen molar-refractivity contribution in [1.29, 1.82) is 0 Å². The van der Waals surface area contributed by atoms with Crippen molar-refractivity contribution in [3.05, 3.63) is 70.0 Å². The van der Waals surface area contributed by atoms with Crippen LogP contribution in [-0.2, 0) is 0 Å². The van der Waals surface area contributed by atoms with E-state index < -0.39 is 6.04 Å². The summed E-state index contributed by atoms with van der Waals surface area (Å²) in [4.78, 5) is 29.6. The highest BCUT2D eigenvalue weighted by atomic mass is 16.4. The number of carbonyl (C=O) groups is 1. The molecule has 128 valence electrons. The fourth-order valence-corrected chi connectivity index (χ4v) is 3.25. The number of amides is 1. The van der Waals surface area contributed by atoms with Crippen molar-refractivity contribution in [2.75, 3.05) is 27.2 Å². The van der Waals surface area contributed by atoms with Gasteiger partial charge in [-0.3, -0.25) is 9.59 Å². The van der Waals surface area contributed by atoms with Gasteiger partial charge in [0, 0.05) is 13.1 Å². The first-order chi connectivity index (χ1) is 12.1. The molecule has 0 radical (unpaired) electrons. The Labute approximate surface area is 144 Å². The smallest absolute Gasteiger partial charge is 0.291 e. The minimum absolute atomic E-state index is 0.115. The van der Waals surface area contributed by atoms with Crippen LogP contribution in [0.25, 0.3) is 11.0 Å². The predicted octanol–water partition coefficient (Wildman–Crippen LogP) is 2.49. The first kappa shape index (κ1) is 15.7. The van der Waals surface area contributed by atoms with E-state index in [0.29, 0.717) is 35.4 Å². The molecule has 25 heavy (non-hydrogen) atoms. The quantitative estimate of drug-likeness (QED) is 0.731. The van der Waals surface area contributed by atoms with Crippen molar-refractivity contribution in [3.8, 4) is 0 Å². The number of benzene rings is 1. The Bertz CT molecular complexity index is 988. The second-order valence-corrected chi connectivity index (χ2v) is 6.39. The second-order valence-electron chi connectivity index (χ2n) is 6.39. The molecule has 0 bridgehead atoms. The number of fused-ring (bicyclic) bond motifs is 2. The fourth-order valence-electron chi connectivity index (χ4n) is 3.25. The van der Waals surface area contributed by atoms with Crippen LogP contribution in [0, 0.1) is 0 Å². The number of nitrogens with zero attached hydrogens (tertiary/aromatic N) is 2. The van der Waals surface area contributed by atoms with E-state index in [1.54, 1.807) is 47.6 Å². The molecule has 4 rings (SSSR count). The summed E-state index contributed by atoms with van der Waals surface area (Å²) in [5.74, 6) is 0.401. The van der Waals surface area contributed by atoms with E-state index in [4.69, 9.17) is 8.83 Å². The zero-order valence-electron chi connectivity index (χ0n) is 14.1. The van der Waals surface area contributed by atoms with Gasteiger partial charge in [-0.1, -0.05) is 12.1 Å². The number of para-hydroxylation sites is 1. The maximum Gasteiger partial charge on any atom is 0.291 e. The number of rotatable bonds is 4. The molecule has 1 aliphatic heterocycles. The van der Waals surface area contributed by atoms with Crippen LogP contribution in [0.2, 0.25) is 0 Å². The van der Waals surface area contributed by atoms with Gasteiger partial charge >= 0.3 is 0 Å². The van der Waals surface area contributed by atoms with E-state index in [0.717, 1.165) is 0 Å². The van der Waals surface area contributed by atoms with Crippen LogP contribution in [0.4, 0.5) is 0 Å². The molecule has 1 unspecified atom stereocenters. The third kappa shape index (κ3) is 2.46. The Balaban J connectivity index is 1.92. The van der Waals surface area contributed by atoms with Gasteiger partial charge in [0.15, 0.2) is 5.43 Å². The lowest BCUT2D eigenvalue weighted by Gasteiger charge is -2.24. The molecular weight excluding hydrogens is 320 g/mol. The molecule has 0 saturated heterocycles. The highest BCUT2D eigenvalue weighted by Gasteiger charge is 2.43. The molecule has 3 aromatic rings. The van der Waals surface area contributed by atoms with Crippen LogP contribution >= 0.6 is 0 Å². The first-order valence-corrected chi connectivity index (χ1v) is 8.13. The van der Waals surface area contributed by atoms with Crippen LogP contribution in [0.1, 0.15) is 27.9 Å². The highest BCUT2D eigenvalue weighted by molar-refractivity contribution is 5.98. The molecule has 0 N–H and O–H groups in total. The molecule has 0 spiro atoms. The molecule has 3 heterocycles. The van der Waals surface area contributed by atoms with Crippen LogP contribution in [0.15, 0.2) is 56.3 Å². The Morgan fingerprint density at radius 3 is 2.64 bits per heavy atom. The summed E-state index contributed by atoms with van der Waals surface area (Å²) in [7, 11) is 3.88. The first-order valence-electron chi connectivity index (χ1n) is 8.13. The lowest BCUT2D eigenvalue weighted by molar-refractivity contribution is 0.0702. The van der Waals surface area contributed by atoms with Crippen LogP contribution in [0.5, 0.6) is 0 Å². The molecule has 1 amide bonds. The molecule has 0 fully saturated rings. The Hall–Kier alpha value is -2.86. The predicted molar refractivity (Wildman–Crippen MR) is 92.6 cm³/mol. The van der Waals surface area contributed by atoms with Crippen molar-refractivity contribution in [1.82, 2.24) is 9.80 Å². The SMILES string of the molecule is CN(C)CCN1C(=O)c2oc3ccccc3c(=O)c2C1c1ccco1.